The second-order valence-electron chi connectivity index (χ2n) is 2.97. The average molecular weight is 197 g/mol. The molecule has 0 bridgehead atoms. The van der Waals surface area contributed by atoms with Crippen molar-refractivity contribution in [2.24, 2.45) is 0 Å². The molecule has 0 atom stereocenters. The van der Waals surface area contributed by atoms with Gasteiger partial charge in [0.15, 0.2) is 0 Å². The molecule has 76 valence electrons. The van der Waals surface area contributed by atoms with Crippen molar-refractivity contribution in [1.82, 2.24) is 0 Å². The van der Waals surface area contributed by atoms with Gasteiger partial charge in [0.05, 0.1) is 0 Å². The summed E-state index contributed by atoms with van der Waals surface area (Å²) in [4.78, 5) is 10.1. The molecule has 0 unspecified atom stereocenters. The fourth-order valence-electron chi connectivity index (χ4n) is 1.20. The highest BCUT2D eigenvalue weighted by molar-refractivity contribution is 5.22. The van der Waals surface area contributed by atoms with Gasteiger partial charge in [-0.05, 0) is 0 Å². The zero-order chi connectivity index (χ0) is 10.6. The molecule has 0 saturated heterocycles. The topological polar surface area (TPSA) is 83.6 Å². The number of nitro groups is 1. The van der Waals surface area contributed by atoms with E-state index in [0.29, 0.717) is 5.56 Å². The van der Waals surface area contributed by atoms with Crippen LogP contribution in [0.5, 0.6) is 0 Å². The molecular weight excluding hydrogens is 186 g/mol. The Kier molecular flexibility index (Phi) is 3.16. The lowest BCUT2D eigenvalue weighted by Gasteiger charge is -2.20. The SMILES string of the molecule is O=[N+]([O-])C(CO)(CO)c1ccccc1. The van der Waals surface area contributed by atoms with Crippen molar-refractivity contribution in [2.75, 3.05) is 13.2 Å². The molecular formula is C9H11NO4. The van der Waals surface area contributed by atoms with E-state index >= 15 is 0 Å². The molecule has 2 N–H and O–H groups in total. The molecule has 0 aliphatic heterocycles. The monoisotopic (exact) mass is 197 g/mol. The van der Waals surface area contributed by atoms with Gasteiger partial charge >= 0.3 is 0 Å². The van der Waals surface area contributed by atoms with E-state index in [1.165, 1.54) is 12.1 Å². The first kappa shape index (κ1) is 10.6. The van der Waals surface area contributed by atoms with Crippen molar-refractivity contribution in [3.05, 3.63) is 46.0 Å². The maximum atomic E-state index is 10.8. The van der Waals surface area contributed by atoms with Crippen LogP contribution in [-0.4, -0.2) is 28.4 Å². The number of hydrogen-bond donors (Lipinski definition) is 2. The lowest BCUT2D eigenvalue weighted by atomic mass is 9.92. The fourth-order valence-corrected chi connectivity index (χ4v) is 1.20. The molecule has 0 amide bonds. The third-order valence-electron chi connectivity index (χ3n) is 2.18. The quantitative estimate of drug-likeness (QED) is 0.531. The maximum absolute atomic E-state index is 10.8. The van der Waals surface area contributed by atoms with Crippen molar-refractivity contribution in [2.45, 2.75) is 5.54 Å². The van der Waals surface area contributed by atoms with Gasteiger partial charge < -0.3 is 10.2 Å². The molecule has 0 heterocycles. The van der Waals surface area contributed by atoms with E-state index in [1.807, 2.05) is 0 Å². The van der Waals surface area contributed by atoms with Crippen LogP contribution >= 0.6 is 0 Å². The normalized spacial score (nSPS) is 11.3. The molecule has 14 heavy (non-hydrogen) atoms. The van der Waals surface area contributed by atoms with E-state index in [2.05, 4.69) is 0 Å². The van der Waals surface area contributed by atoms with Gasteiger partial charge in [0.2, 0.25) is 0 Å². The number of aliphatic hydroxyl groups excluding tert-OH is 2. The Morgan fingerprint density at radius 3 is 2.07 bits per heavy atom. The fraction of sp³-hybridized carbons (Fsp3) is 0.333. The van der Waals surface area contributed by atoms with Gasteiger partial charge in [-0.1, -0.05) is 30.3 Å². The van der Waals surface area contributed by atoms with Gasteiger partial charge in [-0.15, -0.1) is 0 Å². The van der Waals surface area contributed by atoms with Crippen molar-refractivity contribution in [3.8, 4) is 0 Å². The van der Waals surface area contributed by atoms with Crippen LogP contribution in [0.25, 0.3) is 0 Å². The molecule has 0 aromatic heterocycles. The Morgan fingerprint density at radius 2 is 1.71 bits per heavy atom. The highest BCUT2D eigenvalue weighted by Gasteiger charge is 2.43. The zero-order valence-corrected chi connectivity index (χ0v) is 7.46. The Balaban J connectivity index is 3.18. The lowest BCUT2D eigenvalue weighted by molar-refractivity contribution is -0.586. The lowest BCUT2D eigenvalue weighted by Crippen LogP contribution is -2.42. The van der Waals surface area contributed by atoms with E-state index < -0.39 is 23.7 Å². The van der Waals surface area contributed by atoms with Gasteiger partial charge in [-0.2, -0.15) is 0 Å². The Morgan fingerprint density at radius 1 is 1.21 bits per heavy atom. The summed E-state index contributed by atoms with van der Waals surface area (Å²) in [6.07, 6.45) is 0. The first-order chi connectivity index (χ1) is 6.67. The van der Waals surface area contributed by atoms with Crippen LogP contribution in [-0.2, 0) is 5.54 Å². The molecule has 0 aliphatic rings. The number of benzene rings is 1. The third kappa shape index (κ3) is 1.59. The minimum atomic E-state index is -1.79. The van der Waals surface area contributed by atoms with Gasteiger partial charge in [0.1, 0.15) is 13.2 Å². The summed E-state index contributed by atoms with van der Waals surface area (Å²) in [6.45, 7) is -1.44. The summed E-state index contributed by atoms with van der Waals surface area (Å²) in [5, 5.41) is 28.8. The molecule has 0 saturated carbocycles. The molecule has 1 aromatic carbocycles. The number of aliphatic hydroxyl groups is 2. The summed E-state index contributed by atoms with van der Waals surface area (Å²) >= 11 is 0. The minimum Gasteiger partial charge on any atom is -0.388 e. The Hall–Kier alpha value is -1.46. The van der Waals surface area contributed by atoms with Crippen molar-refractivity contribution < 1.29 is 15.1 Å². The summed E-state index contributed by atoms with van der Waals surface area (Å²) in [5.41, 5.74) is -1.49. The van der Waals surface area contributed by atoms with E-state index in [0.717, 1.165) is 0 Å². The Labute approximate surface area is 80.8 Å². The molecule has 1 aromatic rings. The highest BCUT2D eigenvalue weighted by Crippen LogP contribution is 2.23. The molecule has 5 nitrogen and oxygen atoms in total. The first-order valence-electron chi connectivity index (χ1n) is 4.09. The Bertz CT molecular complexity index is 308. The van der Waals surface area contributed by atoms with E-state index in [9.17, 15) is 10.1 Å². The molecule has 0 spiro atoms. The summed E-state index contributed by atoms with van der Waals surface area (Å²) < 4.78 is 0. The van der Waals surface area contributed by atoms with E-state index in [-0.39, 0.29) is 0 Å². The zero-order valence-electron chi connectivity index (χ0n) is 7.46. The summed E-state index contributed by atoms with van der Waals surface area (Å²) in [6, 6.07) is 7.98. The molecule has 0 radical (unpaired) electrons. The minimum absolute atomic E-state index is 0.301. The molecule has 5 heteroatoms. The van der Waals surface area contributed by atoms with Gasteiger partial charge in [0, 0.05) is 10.5 Å². The van der Waals surface area contributed by atoms with Crippen LogP contribution in [0, 0.1) is 10.1 Å². The van der Waals surface area contributed by atoms with Crippen LogP contribution in [0.15, 0.2) is 30.3 Å². The maximum Gasteiger partial charge on any atom is 0.292 e. The number of nitrogens with zero attached hydrogens (tertiary/aromatic N) is 1. The number of hydrogen-bond acceptors (Lipinski definition) is 4. The predicted molar refractivity (Wildman–Crippen MR) is 49.3 cm³/mol. The standard InChI is InChI=1S/C9H11NO4/c11-6-9(7-12,10(13)14)8-4-2-1-3-5-8/h1-5,11-12H,6-7H2. The summed E-state index contributed by atoms with van der Waals surface area (Å²) in [5.74, 6) is 0. The van der Waals surface area contributed by atoms with Crippen molar-refractivity contribution >= 4 is 0 Å². The smallest absolute Gasteiger partial charge is 0.292 e. The van der Waals surface area contributed by atoms with Crippen LogP contribution in [0.2, 0.25) is 0 Å². The van der Waals surface area contributed by atoms with Crippen molar-refractivity contribution in [3.63, 3.8) is 0 Å². The first-order valence-corrected chi connectivity index (χ1v) is 4.09. The second-order valence-corrected chi connectivity index (χ2v) is 2.97. The van der Waals surface area contributed by atoms with Crippen LogP contribution in [0.4, 0.5) is 0 Å². The molecule has 1 rings (SSSR count). The van der Waals surface area contributed by atoms with Crippen LogP contribution in [0.3, 0.4) is 0 Å². The largest absolute Gasteiger partial charge is 0.388 e. The van der Waals surface area contributed by atoms with Gasteiger partial charge in [-0.3, -0.25) is 10.1 Å². The molecule has 0 fully saturated rings. The van der Waals surface area contributed by atoms with E-state index in [4.69, 9.17) is 10.2 Å². The number of rotatable bonds is 4. The van der Waals surface area contributed by atoms with Crippen LogP contribution < -0.4 is 0 Å². The van der Waals surface area contributed by atoms with Gasteiger partial charge in [-0.25, -0.2) is 0 Å². The average Bonchev–Trinajstić information content (AvgIpc) is 2.22. The summed E-state index contributed by atoms with van der Waals surface area (Å²) in [7, 11) is 0. The van der Waals surface area contributed by atoms with Crippen LogP contribution in [0.1, 0.15) is 5.56 Å². The van der Waals surface area contributed by atoms with Crippen molar-refractivity contribution in [1.29, 1.82) is 0 Å². The molecule has 0 aliphatic carbocycles. The highest BCUT2D eigenvalue weighted by atomic mass is 16.6. The second kappa shape index (κ2) is 4.17. The predicted octanol–water partition coefficient (Wildman–Crippen LogP) is 0.143. The van der Waals surface area contributed by atoms with E-state index in [1.54, 1.807) is 18.2 Å². The third-order valence-corrected chi connectivity index (χ3v) is 2.18. The van der Waals surface area contributed by atoms with Gasteiger partial charge in [0.25, 0.3) is 5.54 Å².